The number of imidazole rings is 1. The summed E-state index contributed by atoms with van der Waals surface area (Å²) < 4.78 is 31.3. The van der Waals surface area contributed by atoms with Crippen LogP contribution in [0.25, 0.3) is 4.96 Å². The van der Waals surface area contributed by atoms with Crippen LogP contribution in [0.1, 0.15) is 18.2 Å². The molecule has 0 aliphatic rings. The van der Waals surface area contributed by atoms with Crippen molar-refractivity contribution in [1.82, 2.24) is 24.1 Å². The van der Waals surface area contributed by atoms with Gasteiger partial charge in [-0.05, 0) is 6.07 Å². The van der Waals surface area contributed by atoms with Crippen LogP contribution in [0.15, 0.2) is 48.6 Å². The molecule has 4 rings (SSSR count). The molecule has 4 aromatic rings. The molecule has 6 nitrogen and oxygen atoms in total. The fourth-order valence-electron chi connectivity index (χ4n) is 3.03. The van der Waals surface area contributed by atoms with Crippen molar-refractivity contribution >= 4 is 28.1 Å². The molecule has 28 heavy (non-hydrogen) atoms. The summed E-state index contributed by atoms with van der Waals surface area (Å²) in [4.78, 5) is 9.30. The Hall–Kier alpha value is -2.30. The van der Waals surface area contributed by atoms with Crippen molar-refractivity contribution in [2.24, 2.45) is 0 Å². The van der Waals surface area contributed by atoms with Gasteiger partial charge in [0.1, 0.15) is 29.9 Å². The molecule has 146 valence electrons. The van der Waals surface area contributed by atoms with Crippen LogP contribution in [0.5, 0.6) is 0 Å². The van der Waals surface area contributed by atoms with Gasteiger partial charge in [-0.25, -0.2) is 23.4 Å². The SMILES string of the molecule is C[C@@H](SCc1cn2ccsc2n1)[C@](O)(Cn1cncn1)c1ccc(F)cc1F. The lowest BCUT2D eigenvalue weighted by Gasteiger charge is -2.34. The molecule has 0 unspecified atom stereocenters. The second kappa shape index (κ2) is 7.61. The van der Waals surface area contributed by atoms with E-state index in [1.165, 1.54) is 35.2 Å². The quantitative estimate of drug-likeness (QED) is 0.495. The van der Waals surface area contributed by atoms with E-state index in [4.69, 9.17) is 0 Å². The summed E-state index contributed by atoms with van der Waals surface area (Å²) >= 11 is 2.98. The van der Waals surface area contributed by atoms with Gasteiger partial charge in [-0.1, -0.05) is 13.0 Å². The molecule has 0 bridgehead atoms. The molecular formula is C18H17F2N5OS2. The molecule has 0 aliphatic carbocycles. The monoisotopic (exact) mass is 421 g/mol. The molecule has 10 heteroatoms. The second-order valence-electron chi connectivity index (χ2n) is 6.42. The van der Waals surface area contributed by atoms with Crippen LogP contribution < -0.4 is 0 Å². The van der Waals surface area contributed by atoms with Gasteiger partial charge in [0.25, 0.3) is 0 Å². The van der Waals surface area contributed by atoms with E-state index >= 15 is 0 Å². The highest BCUT2D eigenvalue weighted by Crippen LogP contribution is 2.37. The standard InChI is InChI=1S/C18H17F2N5OS2/c1-12(28-8-14-7-24-4-5-27-17(24)23-14)18(26,9-25-11-21-10-22-25)15-3-2-13(19)6-16(15)20/h2-7,10-12,26H,8-9H2,1H3/t12-,18-/m1/s1. The molecule has 0 aliphatic heterocycles. The third-order valence-electron chi connectivity index (χ3n) is 4.56. The molecule has 0 saturated heterocycles. The Morgan fingerprint density at radius 3 is 2.93 bits per heavy atom. The van der Waals surface area contributed by atoms with E-state index in [-0.39, 0.29) is 12.1 Å². The molecule has 3 heterocycles. The van der Waals surface area contributed by atoms with Crippen molar-refractivity contribution in [3.05, 3.63) is 71.5 Å². The predicted molar refractivity (Wildman–Crippen MR) is 104 cm³/mol. The predicted octanol–water partition coefficient (Wildman–Crippen LogP) is 3.48. The highest BCUT2D eigenvalue weighted by Gasteiger charge is 2.39. The van der Waals surface area contributed by atoms with Crippen LogP contribution in [-0.2, 0) is 17.9 Å². The van der Waals surface area contributed by atoms with E-state index in [2.05, 4.69) is 15.1 Å². The second-order valence-corrected chi connectivity index (χ2v) is 8.62. The topological polar surface area (TPSA) is 68.2 Å². The molecule has 1 N–H and O–H groups in total. The Balaban J connectivity index is 1.60. The number of nitrogens with zero attached hydrogens (tertiary/aromatic N) is 5. The summed E-state index contributed by atoms with van der Waals surface area (Å²) in [5, 5.41) is 17.0. The van der Waals surface area contributed by atoms with E-state index in [9.17, 15) is 13.9 Å². The number of thiazole rings is 1. The van der Waals surface area contributed by atoms with Crippen LogP contribution in [0.3, 0.4) is 0 Å². The molecule has 1 aromatic carbocycles. The third kappa shape index (κ3) is 3.67. The molecule has 0 radical (unpaired) electrons. The summed E-state index contributed by atoms with van der Waals surface area (Å²) in [5.41, 5.74) is -0.727. The van der Waals surface area contributed by atoms with Crippen LogP contribution in [0.4, 0.5) is 8.78 Å². The third-order valence-corrected chi connectivity index (χ3v) is 6.69. The zero-order valence-electron chi connectivity index (χ0n) is 14.9. The fraction of sp³-hybridized carbons (Fsp3) is 0.278. The molecule has 3 aromatic heterocycles. The Morgan fingerprint density at radius 1 is 1.36 bits per heavy atom. The van der Waals surface area contributed by atoms with Gasteiger partial charge in [0.2, 0.25) is 0 Å². The first kappa shape index (κ1) is 19.0. The normalized spacial score (nSPS) is 15.0. The highest BCUT2D eigenvalue weighted by atomic mass is 32.2. The van der Waals surface area contributed by atoms with Gasteiger partial charge in [-0.2, -0.15) is 5.10 Å². The number of thioether (sulfide) groups is 1. The summed E-state index contributed by atoms with van der Waals surface area (Å²) in [6, 6.07) is 3.21. The summed E-state index contributed by atoms with van der Waals surface area (Å²) in [6.45, 7) is 1.80. The smallest absolute Gasteiger partial charge is 0.193 e. The zero-order chi connectivity index (χ0) is 19.7. The minimum absolute atomic E-state index is 0.0119. The maximum absolute atomic E-state index is 14.5. The maximum Gasteiger partial charge on any atom is 0.193 e. The lowest BCUT2D eigenvalue weighted by atomic mass is 9.90. The average molecular weight is 421 g/mol. The van der Waals surface area contributed by atoms with Gasteiger partial charge < -0.3 is 5.11 Å². The molecule has 0 saturated carbocycles. The van der Waals surface area contributed by atoms with Crippen molar-refractivity contribution in [1.29, 1.82) is 0 Å². The first-order chi connectivity index (χ1) is 13.5. The minimum Gasteiger partial charge on any atom is -0.382 e. The van der Waals surface area contributed by atoms with Crippen molar-refractivity contribution in [3.63, 3.8) is 0 Å². The largest absolute Gasteiger partial charge is 0.382 e. The first-order valence-electron chi connectivity index (χ1n) is 8.49. The molecule has 0 amide bonds. The lowest BCUT2D eigenvalue weighted by molar-refractivity contribution is 0.0133. The van der Waals surface area contributed by atoms with E-state index < -0.39 is 22.5 Å². The van der Waals surface area contributed by atoms with E-state index in [0.29, 0.717) is 5.75 Å². The fourth-order valence-corrected chi connectivity index (χ4v) is 4.78. The van der Waals surface area contributed by atoms with Gasteiger partial charge in [-0.15, -0.1) is 23.1 Å². The van der Waals surface area contributed by atoms with E-state index in [1.807, 2.05) is 29.1 Å². The van der Waals surface area contributed by atoms with E-state index in [0.717, 1.165) is 22.8 Å². The summed E-state index contributed by atoms with van der Waals surface area (Å²) in [7, 11) is 0. The lowest BCUT2D eigenvalue weighted by Crippen LogP contribution is -2.41. The van der Waals surface area contributed by atoms with Gasteiger partial charge in [0.15, 0.2) is 4.96 Å². The number of rotatable bonds is 7. The molecule has 0 fully saturated rings. The van der Waals surface area contributed by atoms with Crippen molar-refractivity contribution in [2.75, 3.05) is 0 Å². The van der Waals surface area contributed by atoms with Crippen molar-refractivity contribution < 1.29 is 13.9 Å². The molecule has 0 spiro atoms. The highest BCUT2D eigenvalue weighted by molar-refractivity contribution is 7.99. The molecular weight excluding hydrogens is 404 g/mol. The first-order valence-corrected chi connectivity index (χ1v) is 10.4. The average Bonchev–Trinajstić information content (AvgIpc) is 3.36. The Labute approximate surface area is 167 Å². The summed E-state index contributed by atoms with van der Waals surface area (Å²) in [5.74, 6) is -0.946. The Bertz CT molecular complexity index is 1050. The number of aliphatic hydroxyl groups is 1. The minimum atomic E-state index is -1.62. The van der Waals surface area contributed by atoms with Gasteiger partial charge in [0, 0.05) is 40.4 Å². The van der Waals surface area contributed by atoms with Gasteiger partial charge >= 0.3 is 0 Å². The van der Waals surface area contributed by atoms with Crippen molar-refractivity contribution in [3.8, 4) is 0 Å². The van der Waals surface area contributed by atoms with Gasteiger partial charge in [0.05, 0.1) is 12.2 Å². The number of fused-ring (bicyclic) bond motifs is 1. The van der Waals surface area contributed by atoms with Crippen LogP contribution in [0.2, 0.25) is 0 Å². The Morgan fingerprint density at radius 2 is 2.21 bits per heavy atom. The van der Waals surface area contributed by atoms with Crippen molar-refractivity contribution in [2.45, 2.75) is 30.1 Å². The maximum atomic E-state index is 14.5. The van der Waals surface area contributed by atoms with Crippen LogP contribution in [-0.4, -0.2) is 34.5 Å². The number of benzene rings is 1. The van der Waals surface area contributed by atoms with E-state index in [1.54, 1.807) is 11.3 Å². The zero-order valence-corrected chi connectivity index (χ0v) is 16.5. The number of hydrogen-bond donors (Lipinski definition) is 1. The number of hydrogen-bond acceptors (Lipinski definition) is 6. The Kier molecular flexibility index (Phi) is 5.17. The summed E-state index contributed by atoms with van der Waals surface area (Å²) in [6.07, 6.45) is 6.66. The van der Waals surface area contributed by atoms with Crippen LogP contribution in [0, 0.1) is 11.6 Å². The van der Waals surface area contributed by atoms with Gasteiger partial charge in [-0.3, -0.25) is 4.40 Å². The van der Waals surface area contributed by atoms with Crippen LogP contribution >= 0.6 is 23.1 Å². The number of aromatic nitrogens is 5. The number of halogens is 2. The molecule has 2 atom stereocenters.